The van der Waals surface area contributed by atoms with Gasteiger partial charge in [0.15, 0.2) is 0 Å². The molecule has 0 aliphatic carbocycles. The molecule has 0 radical (unpaired) electrons. The van der Waals surface area contributed by atoms with Crippen LogP contribution in [0.5, 0.6) is 0 Å². The summed E-state index contributed by atoms with van der Waals surface area (Å²) in [5.74, 6) is 0. The van der Waals surface area contributed by atoms with Crippen molar-refractivity contribution < 1.29 is 8.42 Å². The van der Waals surface area contributed by atoms with Crippen LogP contribution in [0.4, 0.5) is 0 Å². The minimum absolute atomic E-state index is 0.239. The summed E-state index contributed by atoms with van der Waals surface area (Å²) in [6, 6.07) is 6.67. The van der Waals surface area contributed by atoms with Gasteiger partial charge in [0.2, 0.25) is 10.0 Å². The van der Waals surface area contributed by atoms with Crippen LogP contribution in [0.2, 0.25) is 0 Å². The van der Waals surface area contributed by atoms with E-state index in [1.807, 2.05) is 18.6 Å². The fourth-order valence-corrected chi connectivity index (χ4v) is 3.55. The number of hydrogen-bond donors (Lipinski definition) is 1. The standard InChI is InChI=1S/C14H14N4O2S2/c1-15-22(19,20)12-5-3-10(4-6-12)14-17-13(9-21-14)11-7-16-18(2)8-11/h3-9,15H,1-2H3. The van der Waals surface area contributed by atoms with Crippen molar-refractivity contribution in [2.24, 2.45) is 7.05 Å². The van der Waals surface area contributed by atoms with E-state index in [9.17, 15) is 8.42 Å². The van der Waals surface area contributed by atoms with Gasteiger partial charge in [-0.2, -0.15) is 5.10 Å². The summed E-state index contributed by atoms with van der Waals surface area (Å²) in [6.07, 6.45) is 3.67. The fourth-order valence-electron chi connectivity index (χ4n) is 1.99. The number of thiazole rings is 1. The van der Waals surface area contributed by atoms with Crippen molar-refractivity contribution in [2.45, 2.75) is 4.90 Å². The number of aryl methyl sites for hydroxylation is 1. The third-order valence-electron chi connectivity index (χ3n) is 3.19. The molecule has 0 fully saturated rings. The van der Waals surface area contributed by atoms with Crippen LogP contribution in [0.1, 0.15) is 0 Å². The zero-order chi connectivity index (χ0) is 15.7. The molecule has 0 saturated heterocycles. The van der Waals surface area contributed by atoms with Crippen LogP contribution in [-0.2, 0) is 17.1 Å². The molecular weight excluding hydrogens is 320 g/mol. The number of rotatable bonds is 4. The third kappa shape index (κ3) is 2.80. The molecule has 114 valence electrons. The molecule has 2 aromatic heterocycles. The van der Waals surface area contributed by atoms with E-state index < -0.39 is 10.0 Å². The Morgan fingerprint density at radius 2 is 1.91 bits per heavy atom. The first-order valence-electron chi connectivity index (χ1n) is 6.48. The number of benzene rings is 1. The maximum absolute atomic E-state index is 11.7. The van der Waals surface area contributed by atoms with Crippen molar-refractivity contribution in [1.29, 1.82) is 0 Å². The maximum atomic E-state index is 11.7. The molecule has 8 heteroatoms. The molecule has 0 aliphatic heterocycles. The molecule has 0 aliphatic rings. The Bertz CT molecular complexity index is 895. The Morgan fingerprint density at radius 3 is 2.50 bits per heavy atom. The van der Waals surface area contributed by atoms with Gasteiger partial charge in [0.1, 0.15) is 5.01 Å². The molecule has 3 rings (SSSR count). The summed E-state index contributed by atoms with van der Waals surface area (Å²) in [4.78, 5) is 4.81. The summed E-state index contributed by atoms with van der Waals surface area (Å²) < 4.78 is 27.4. The molecule has 22 heavy (non-hydrogen) atoms. The van der Waals surface area contributed by atoms with Crippen molar-refractivity contribution in [3.8, 4) is 21.8 Å². The minimum atomic E-state index is -3.41. The van der Waals surface area contributed by atoms with Gasteiger partial charge in [0.25, 0.3) is 0 Å². The number of aromatic nitrogens is 3. The van der Waals surface area contributed by atoms with Crippen LogP contribution in [0.15, 0.2) is 46.9 Å². The fraction of sp³-hybridized carbons (Fsp3) is 0.143. The molecule has 1 aromatic carbocycles. The van der Waals surface area contributed by atoms with E-state index in [0.29, 0.717) is 0 Å². The smallest absolute Gasteiger partial charge is 0.240 e. The second-order valence-electron chi connectivity index (χ2n) is 4.67. The molecule has 0 atom stereocenters. The summed E-state index contributed by atoms with van der Waals surface area (Å²) >= 11 is 1.51. The number of nitrogens with one attached hydrogen (secondary N) is 1. The second-order valence-corrected chi connectivity index (χ2v) is 7.42. The highest BCUT2D eigenvalue weighted by Gasteiger charge is 2.12. The highest BCUT2D eigenvalue weighted by molar-refractivity contribution is 7.89. The van der Waals surface area contributed by atoms with E-state index in [2.05, 4.69) is 14.8 Å². The molecule has 0 unspecified atom stereocenters. The van der Waals surface area contributed by atoms with E-state index in [4.69, 9.17) is 0 Å². The Kier molecular flexibility index (Phi) is 3.81. The van der Waals surface area contributed by atoms with E-state index in [1.54, 1.807) is 35.1 Å². The van der Waals surface area contributed by atoms with E-state index in [1.165, 1.54) is 18.4 Å². The highest BCUT2D eigenvalue weighted by atomic mass is 32.2. The van der Waals surface area contributed by atoms with Crippen LogP contribution in [-0.4, -0.2) is 30.2 Å². The zero-order valence-corrected chi connectivity index (χ0v) is 13.6. The Balaban J connectivity index is 1.91. The first kappa shape index (κ1) is 14.9. The summed E-state index contributed by atoms with van der Waals surface area (Å²) in [6.45, 7) is 0. The van der Waals surface area contributed by atoms with Gasteiger partial charge in [-0.3, -0.25) is 4.68 Å². The Hall–Kier alpha value is -2.03. The van der Waals surface area contributed by atoms with E-state index in [-0.39, 0.29) is 4.90 Å². The summed E-state index contributed by atoms with van der Waals surface area (Å²) in [5, 5.41) is 6.93. The zero-order valence-electron chi connectivity index (χ0n) is 12.0. The first-order chi connectivity index (χ1) is 10.5. The van der Waals surface area contributed by atoms with Crippen molar-refractivity contribution in [3.63, 3.8) is 0 Å². The summed E-state index contributed by atoms with van der Waals surface area (Å²) in [5.41, 5.74) is 2.70. The van der Waals surface area contributed by atoms with Gasteiger partial charge >= 0.3 is 0 Å². The molecule has 0 bridgehead atoms. The normalized spacial score (nSPS) is 11.7. The molecule has 2 heterocycles. The highest BCUT2D eigenvalue weighted by Crippen LogP contribution is 2.29. The van der Waals surface area contributed by atoms with Crippen molar-refractivity contribution in [2.75, 3.05) is 7.05 Å². The number of nitrogens with zero attached hydrogens (tertiary/aromatic N) is 3. The topological polar surface area (TPSA) is 76.9 Å². The molecule has 0 spiro atoms. The lowest BCUT2D eigenvalue weighted by Gasteiger charge is -2.02. The van der Waals surface area contributed by atoms with Gasteiger partial charge in [0.05, 0.1) is 16.8 Å². The monoisotopic (exact) mass is 334 g/mol. The molecule has 0 amide bonds. The molecule has 0 saturated carbocycles. The molecule has 6 nitrogen and oxygen atoms in total. The first-order valence-corrected chi connectivity index (χ1v) is 8.84. The van der Waals surface area contributed by atoms with E-state index >= 15 is 0 Å². The third-order valence-corrected chi connectivity index (χ3v) is 5.51. The summed E-state index contributed by atoms with van der Waals surface area (Å²) in [7, 11) is -0.158. The van der Waals surface area contributed by atoms with Gasteiger partial charge in [-0.05, 0) is 19.2 Å². The maximum Gasteiger partial charge on any atom is 0.240 e. The van der Waals surface area contributed by atoms with Crippen LogP contribution in [0, 0.1) is 0 Å². The lowest BCUT2D eigenvalue weighted by molar-refractivity contribution is 0.588. The lowest BCUT2D eigenvalue weighted by Crippen LogP contribution is -2.18. The average molecular weight is 334 g/mol. The van der Waals surface area contributed by atoms with Crippen molar-refractivity contribution in [1.82, 2.24) is 19.5 Å². The Labute approximate surface area is 132 Å². The van der Waals surface area contributed by atoms with Gasteiger partial charge in [0, 0.05) is 29.8 Å². The Morgan fingerprint density at radius 1 is 1.18 bits per heavy atom. The lowest BCUT2D eigenvalue weighted by atomic mass is 10.2. The second kappa shape index (κ2) is 5.64. The van der Waals surface area contributed by atoms with Crippen LogP contribution in [0.25, 0.3) is 21.8 Å². The van der Waals surface area contributed by atoms with Gasteiger partial charge in [-0.25, -0.2) is 18.1 Å². The van der Waals surface area contributed by atoms with Gasteiger partial charge < -0.3 is 0 Å². The number of hydrogen-bond acceptors (Lipinski definition) is 5. The van der Waals surface area contributed by atoms with Crippen LogP contribution >= 0.6 is 11.3 Å². The minimum Gasteiger partial charge on any atom is -0.275 e. The molecule has 1 N–H and O–H groups in total. The largest absolute Gasteiger partial charge is 0.275 e. The van der Waals surface area contributed by atoms with Crippen molar-refractivity contribution >= 4 is 21.4 Å². The predicted molar refractivity (Wildman–Crippen MR) is 86.0 cm³/mol. The predicted octanol–water partition coefficient (Wildman–Crippen LogP) is 2.12. The van der Waals surface area contributed by atoms with Gasteiger partial charge in [-0.1, -0.05) is 12.1 Å². The SMILES string of the molecule is CNS(=O)(=O)c1ccc(-c2nc(-c3cnn(C)c3)cs2)cc1. The van der Waals surface area contributed by atoms with Crippen LogP contribution in [0.3, 0.4) is 0 Å². The van der Waals surface area contributed by atoms with Crippen molar-refractivity contribution in [3.05, 3.63) is 42.0 Å². The van der Waals surface area contributed by atoms with Crippen LogP contribution < -0.4 is 4.72 Å². The number of sulfonamides is 1. The van der Waals surface area contributed by atoms with E-state index in [0.717, 1.165) is 21.8 Å². The average Bonchev–Trinajstić information content (AvgIpc) is 3.16. The molecular formula is C14H14N4O2S2. The quantitative estimate of drug-likeness (QED) is 0.793. The molecule has 3 aromatic rings. The van der Waals surface area contributed by atoms with Gasteiger partial charge in [-0.15, -0.1) is 11.3 Å².